The molecule has 6 heteroatoms. The Labute approximate surface area is 104 Å². The summed E-state index contributed by atoms with van der Waals surface area (Å²) in [5.41, 5.74) is 14.9. The second-order valence-corrected chi connectivity index (χ2v) is 3.82. The van der Waals surface area contributed by atoms with Gasteiger partial charge in [-0.15, -0.1) is 0 Å². The normalized spacial score (nSPS) is 10.8. The van der Waals surface area contributed by atoms with E-state index in [1.54, 1.807) is 12.4 Å². The highest BCUT2D eigenvalue weighted by molar-refractivity contribution is 7.80. The minimum Gasteiger partial charge on any atom is -0.397 e. The Hall–Kier alpha value is -2.21. The number of hydrazone groups is 1. The quantitative estimate of drug-likeness (QED) is 0.417. The first-order chi connectivity index (χ1) is 8.18. The number of hydrogen-bond acceptors (Lipinski definition) is 4. The van der Waals surface area contributed by atoms with Gasteiger partial charge in [0.1, 0.15) is 0 Å². The molecule has 0 atom stereocenters. The third-order valence-corrected chi connectivity index (χ3v) is 2.31. The van der Waals surface area contributed by atoms with Gasteiger partial charge in [0.15, 0.2) is 5.11 Å². The van der Waals surface area contributed by atoms with Crippen LogP contribution in [0.25, 0.3) is 10.8 Å². The van der Waals surface area contributed by atoms with Crippen molar-refractivity contribution in [2.75, 3.05) is 5.73 Å². The van der Waals surface area contributed by atoms with Crippen LogP contribution in [-0.2, 0) is 0 Å². The van der Waals surface area contributed by atoms with Crippen LogP contribution in [0.5, 0.6) is 0 Å². The number of nitrogens with one attached hydrogen (secondary N) is 1. The fourth-order valence-corrected chi connectivity index (χ4v) is 1.55. The Morgan fingerprint density at radius 3 is 2.76 bits per heavy atom. The number of benzene rings is 1. The molecule has 86 valence electrons. The Morgan fingerprint density at radius 2 is 2.06 bits per heavy atom. The monoisotopic (exact) mass is 245 g/mol. The lowest BCUT2D eigenvalue weighted by Crippen LogP contribution is -2.24. The van der Waals surface area contributed by atoms with Crippen molar-refractivity contribution in [3.63, 3.8) is 0 Å². The molecule has 2 aromatic rings. The van der Waals surface area contributed by atoms with E-state index in [1.165, 1.54) is 0 Å². The summed E-state index contributed by atoms with van der Waals surface area (Å²) < 4.78 is 0. The van der Waals surface area contributed by atoms with E-state index in [0.29, 0.717) is 11.4 Å². The van der Waals surface area contributed by atoms with E-state index in [4.69, 9.17) is 11.5 Å². The molecule has 0 aliphatic carbocycles. The van der Waals surface area contributed by atoms with Gasteiger partial charge >= 0.3 is 0 Å². The molecule has 0 bridgehead atoms. The van der Waals surface area contributed by atoms with Crippen molar-refractivity contribution < 1.29 is 0 Å². The van der Waals surface area contributed by atoms with Gasteiger partial charge < -0.3 is 11.5 Å². The summed E-state index contributed by atoms with van der Waals surface area (Å²) >= 11 is 4.64. The van der Waals surface area contributed by atoms with Crippen LogP contribution in [0.1, 0.15) is 5.69 Å². The molecule has 0 unspecified atom stereocenters. The molecule has 0 spiro atoms. The molecule has 5 nitrogen and oxygen atoms in total. The van der Waals surface area contributed by atoms with Gasteiger partial charge in [-0.25, -0.2) is 0 Å². The minimum absolute atomic E-state index is 0.112. The molecular formula is C11H11N5S. The van der Waals surface area contributed by atoms with Crippen LogP contribution in [-0.4, -0.2) is 16.3 Å². The molecule has 0 amide bonds. The fourth-order valence-electron chi connectivity index (χ4n) is 1.50. The number of aromatic nitrogens is 1. The highest BCUT2D eigenvalue weighted by Gasteiger charge is 2.02. The van der Waals surface area contributed by atoms with Crippen LogP contribution in [0.4, 0.5) is 5.69 Å². The summed E-state index contributed by atoms with van der Waals surface area (Å²) in [6.07, 6.45) is 3.16. The molecule has 1 heterocycles. The Balaban J connectivity index is 2.45. The van der Waals surface area contributed by atoms with Crippen molar-refractivity contribution in [2.24, 2.45) is 10.8 Å². The molecule has 0 radical (unpaired) electrons. The van der Waals surface area contributed by atoms with Crippen LogP contribution in [0.15, 0.2) is 35.6 Å². The van der Waals surface area contributed by atoms with Crippen molar-refractivity contribution in [3.8, 4) is 0 Å². The molecule has 0 fully saturated rings. The van der Waals surface area contributed by atoms with Crippen molar-refractivity contribution in [2.45, 2.75) is 0 Å². The number of anilines is 1. The van der Waals surface area contributed by atoms with Crippen molar-refractivity contribution in [1.29, 1.82) is 0 Å². The topological polar surface area (TPSA) is 89.3 Å². The maximum absolute atomic E-state index is 5.84. The number of fused-ring (bicyclic) bond motifs is 1. The van der Waals surface area contributed by atoms with E-state index in [0.717, 1.165) is 10.8 Å². The first-order valence-electron chi connectivity index (χ1n) is 4.90. The second-order valence-electron chi connectivity index (χ2n) is 3.38. The molecule has 0 aliphatic rings. The van der Waals surface area contributed by atoms with Crippen LogP contribution in [0.2, 0.25) is 0 Å². The molecular weight excluding hydrogens is 234 g/mol. The smallest absolute Gasteiger partial charge is 0.184 e. The Bertz CT molecular complexity index is 593. The van der Waals surface area contributed by atoms with E-state index in [9.17, 15) is 0 Å². The summed E-state index contributed by atoms with van der Waals surface area (Å²) in [4.78, 5) is 4.20. The SMILES string of the molecule is NC(=S)N/N=C/c1ncc(N)c2ccccc12. The number of pyridine rings is 1. The number of nitrogens with zero attached hydrogens (tertiary/aromatic N) is 2. The van der Waals surface area contributed by atoms with Gasteiger partial charge in [-0.2, -0.15) is 5.10 Å². The van der Waals surface area contributed by atoms with Gasteiger partial charge in [0.2, 0.25) is 0 Å². The lowest BCUT2D eigenvalue weighted by molar-refractivity contribution is 1.04. The van der Waals surface area contributed by atoms with Gasteiger partial charge in [-0.1, -0.05) is 24.3 Å². The number of thiocarbonyl (C=S) groups is 1. The second kappa shape index (κ2) is 4.75. The lowest BCUT2D eigenvalue weighted by Gasteiger charge is -2.03. The third kappa shape index (κ3) is 2.48. The molecule has 1 aromatic carbocycles. The molecule has 2 rings (SSSR count). The van der Waals surface area contributed by atoms with E-state index in [1.807, 2.05) is 24.3 Å². The largest absolute Gasteiger partial charge is 0.397 e. The summed E-state index contributed by atoms with van der Waals surface area (Å²) in [6.45, 7) is 0. The maximum Gasteiger partial charge on any atom is 0.184 e. The maximum atomic E-state index is 5.84. The van der Waals surface area contributed by atoms with E-state index in [2.05, 4.69) is 27.7 Å². The van der Waals surface area contributed by atoms with E-state index in [-0.39, 0.29) is 5.11 Å². The van der Waals surface area contributed by atoms with Crippen LogP contribution in [0, 0.1) is 0 Å². The fraction of sp³-hybridized carbons (Fsp3) is 0. The Kier molecular flexibility index (Phi) is 3.15. The summed E-state index contributed by atoms with van der Waals surface area (Å²) in [5, 5.41) is 5.86. The van der Waals surface area contributed by atoms with Gasteiger partial charge in [0, 0.05) is 10.8 Å². The highest BCUT2D eigenvalue weighted by atomic mass is 32.1. The average Bonchev–Trinajstić information content (AvgIpc) is 2.32. The van der Waals surface area contributed by atoms with Crippen molar-refractivity contribution in [3.05, 3.63) is 36.2 Å². The van der Waals surface area contributed by atoms with Crippen LogP contribution >= 0.6 is 12.2 Å². The molecule has 0 aliphatic heterocycles. The number of hydrogen-bond donors (Lipinski definition) is 3. The zero-order valence-electron chi connectivity index (χ0n) is 8.92. The average molecular weight is 245 g/mol. The van der Waals surface area contributed by atoms with Crippen molar-refractivity contribution in [1.82, 2.24) is 10.4 Å². The van der Waals surface area contributed by atoms with E-state index < -0.39 is 0 Å². The van der Waals surface area contributed by atoms with Crippen LogP contribution in [0.3, 0.4) is 0 Å². The predicted octanol–water partition coefficient (Wildman–Crippen LogP) is 0.984. The summed E-state index contributed by atoms with van der Waals surface area (Å²) in [7, 11) is 0. The van der Waals surface area contributed by atoms with Gasteiger partial charge in [-0.3, -0.25) is 10.4 Å². The number of nitrogens with two attached hydrogens (primary N) is 2. The zero-order valence-corrected chi connectivity index (χ0v) is 9.74. The minimum atomic E-state index is 0.112. The standard InChI is InChI=1S/C11H11N5S/c12-9-5-14-10(6-15-16-11(13)17)8-4-2-1-3-7(8)9/h1-6H,12H2,(H3,13,16,17)/b15-6+. The zero-order chi connectivity index (χ0) is 12.3. The van der Waals surface area contributed by atoms with Gasteiger partial charge in [0.05, 0.1) is 23.8 Å². The number of nitrogen functional groups attached to an aromatic ring is 1. The Morgan fingerprint density at radius 1 is 1.35 bits per heavy atom. The summed E-state index contributed by atoms with van der Waals surface area (Å²) in [6, 6.07) is 7.71. The first-order valence-corrected chi connectivity index (χ1v) is 5.31. The van der Waals surface area contributed by atoms with Crippen molar-refractivity contribution >= 4 is 40.0 Å². The lowest BCUT2D eigenvalue weighted by atomic mass is 10.1. The molecule has 5 N–H and O–H groups in total. The third-order valence-electron chi connectivity index (χ3n) is 2.22. The number of rotatable bonds is 2. The molecule has 17 heavy (non-hydrogen) atoms. The molecule has 1 aromatic heterocycles. The predicted molar refractivity (Wildman–Crippen MR) is 73.7 cm³/mol. The molecule has 0 saturated carbocycles. The summed E-state index contributed by atoms with van der Waals surface area (Å²) in [5.74, 6) is 0. The van der Waals surface area contributed by atoms with E-state index >= 15 is 0 Å². The van der Waals surface area contributed by atoms with Crippen LogP contribution < -0.4 is 16.9 Å². The first kappa shape index (κ1) is 11.3. The highest BCUT2D eigenvalue weighted by Crippen LogP contribution is 2.21. The molecule has 0 saturated heterocycles. The van der Waals surface area contributed by atoms with Gasteiger partial charge in [-0.05, 0) is 12.2 Å². The van der Waals surface area contributed by atoms with Gasteiger partial charge in [0.25, 0.3) is 0 Å².